The zero-order valence-corrected chi connectivity index (χ0v) is 10.6. The molecule has 2 N–H and O–H groups in total. The number of benzene rings is 1. The van der Waals surface area contributed by atoms with Crippen molar-refractivity contribution in [1.82, 2.24) is 4.90 Å². The highest BCUT2D eigenvalue weighted by Gasteiger charge is 2.03. The molecule has 0 aliphatic carbocycles. The summed E-state index contributed by atoms with van der Waals surface area (Å²) in [5, 5.41) is 0. The SMILES string of the molecule is CCCN(CCC)Cc1cccc(CN)c1. The minimum atomic E-state index is 0.634. The zero-order chi connectivity index (χ0) is 11.8. The van der Waals surface area contributed by atoms with Crippen molar-refractivity contribution in [3.63, 3.8) is 0 Å². The largest absolute Gasteiger partial charge is 0.326 e. The molecule has 1 aromatic carbocycles. The first-order chi connectivity index (χ1) is 7.80. The van der Waals surface area contributed by atoms with Crippen molar-refractivity contribution in [2.75, 3.05) is 13.1 Å². The van der Waals surface area contributed by atoms with Crippen LogP contribution in [0.1, 0.15) is 37.8 Å². The van der Waals surface area contributed by atoms with Gasteiger partial charge in [-0.25, -0.2) is 0 Å². The summed E-state index contributed by atoms with van der Waals surface area (Å²) in [6, 6.07) is 8.61. The molecule has 90 valence electrons. The van der Waals surface area contributed by atoms with Gasteiger partial charge in [-0.3, -0.25) is 4.90 Å². The van der Waals surface area contributed by atoms with Crippen LogP contribution in [-0.2, 0) is 13.1 Å². The van der Waals surface area contributed by atoms with E-state index in [0.29, 0.717) is 6.54 Å². The quantitative estimate of drug-likeness (QED) is 0.765. The second kappa shape index (κ2) is 7.42. The normalized spacial score (nSPS) is 11.0. The Morgan fingerprint density at radius 2 is 1.69 bits per heavy atom. The van der Waals surface area contributed by atoms with Crippen LogP contribution in [0, 0.1) is 0 Å². The van der Waals surface area contributed by atoms with Gasteiger partial charge in [0.1, 0.15) is 0 Å². The zero-order valence-electron chi connectivity index (χ0n) is 10.6. The van der Waals surface area contributed by atoms with E-state index in [4.69, 9.17) is 5.73 Å². The maximum absolute atomic E-state index is 5.65. The van der Waals surface area contributed by atoms with Crippen molar-refractivity contribution in [3.05, 3.63) is 35.4 Å². The van der Waals surface area contributed by atoms with Gasteiger partial charge in [0.25, 0.3) is 0 Å². The first-order valence-electron chi connectivity index (χ1n) is 6.30. The molecule has 1 aromatic rings. The number of hydrogen-bond acceptors (Lipinski definition) is 2. The predicted molar refractivity (Wildman–Crippen MR) is 70.2 cm³/mol. The van der Waals surface area contributed by atoms with Crippen molar-refractivity contribution in [2.24, 2.45) is 5.73 Å². The van der Waals surface area contributed by atoms with E-state index in [1.54, 1.807) is 0 Å². The van der Waals surface area contributed by atoms with Crippen LogP contribution in [0.15, 0.2) is 24.3 Å². The van der Waals surface area contributed by atoms with Gasteiger partial charge in [-0.2, -0.15) is 0 Å². The third-order valence-corrected chi connectivity index (χ3v) is 2.71. The second-order valence-corrected chi connectivity index (χ2v) is 4.30. The van der Waals surface area contributed by atoms with E-state index < -0.39 is 0 Å². The van der Waals surface area contributed by atoms with Crippen LogP contribution in [0.2, 0.25) is 0 Å². The topological polar surface area (TPSA) is 29.3 Å². The number of hydrogen-bond donors (Lipinski definition) is 1. The van der Waals surface area contributed by atoms with Gasteiger partial charge in [-0.05, 0) is 37.1 Å². The Kier molecular flexibility index (Phi) is 6.12. The van der Waals surface area contributed by atoms with Gasteiger partial charge in [0.2, 0.25) is 0 Å². The van der Waals surface area contributed by atoms with Crippen LogP contribution in [0.5, 0.6) is 0 Å². The first kappa shape index (κ1) is 13.2. The molecule has 0 unspecified atom stereocenters. The average Bonchev–Trinajstić information content (AvgIpc) is 2.30. The van der Waals surface area contributed by atoms with Crippen LogP contribution in [0.4, 0.5) is 0 Å². The van der Waals surface area contributed by atoms with E-state index in [9.17, 15) is 0 Å². The Balaban J connectivity index is 2.60. The van der Waals surface area contributed by atoms with Crippen LogP contribution < -0.4 is 5.73 Å². The van der Waals surface area contributed by atoms with E-state index in [-0.39, 0.29) is 0 Å². The highest BCUT2D eigenvalue weighted by atomic mass is 15.1. The Hall–Kier alpha value is -0.860. The smallest absolute Gasteiger partial charge is 0.0233 e. The maximum Gasteiger partial charge on any atom is 0.0233 e. The fourth-order valence-electron chi connectivity index (χ4n) is 2.02. The molecule has 0 amide bonds. The molecule has 1 rings (SSSR count). The van der Waals surface area contributed by atoms with Gasteiger partial charge in [0.15, 0.2) is 0 Å². The Morgan fingerprint density at radius 1 is 1.06 bits per heavy atom. The monoisotopic (exact) mass is 220 g/mol. The van der Waals surface area contributed by atoms with Crippen LogP contribution >= 0.6 is 0 Å². The number of nitrogens with two attached hydrogens (primary N) is 1. The van der Waals surface area contributed by atoms with E-state index in [1.807, 2.05) is 0 Å². The molecule has 0 radical (unpaired) electrons. The summed E-state index contributed by atoms with van der Waals surface area (Å²) in [4.78, 5) is 2.51. The summed E-state index contributed by atoms with van der Waals surface area (Å²) in [5.74, 6) is 0. The standard InChI is InChI=1S/C14H24N2/c1-3-8-16(9-4-2)12-14-7-5-6-13(10-14)11-15/h5-7,10H,3-4,8-9,11-12,15H2,1-2H3. The molecule has 0 aliphatic heterocycles. The fourth-order valence-corrected chi connectivity index (χ4v) is 2.02. The third kappa shape index (κ3) is 4.33. The maximum atomic E-state index is 5.65. The fraction of sp³-hybridized carbons (Fsp3) is 0.571. The third-order valence-electron chi connectivity index (χ3n) is 2.71. The molecule has 0 atom stereocenters. The van der Waals surface area contributed by atoms with Gasteiger partial charge in [0, 0.05) is 13.1 Å². The van der Waals surface area contributed by atoms with Crippen LogP contribution in [-0.4, -0.2) is 18.0 Å². The summed E-state index contributed by atoms with van der Waals surface area (Å²) in [5.41, 5.74) is 8.26. The Bertz CT molecular complexity index is 291. The van der Waals surface area contributed by atoms with E-state index in [2.05, 4.69) is 43.0 Å². The van der Waals surface area contributed by atoms with Gasteiger partial charge < -0.3 is 5.73 Å². The molecule has 0 bridgehead atoms. The molecular weight excluding hydrogens is 196 g/mol. The summed E-state index contributed by atoms with van der Waals surface area (Å²) >= 11 is 0. The van der Waals surface area contributed by atoms with E-state index in [0.717, 1.165) is 6.54 Å². The number of rotatable bonds is 7. The Labute approximate surface area is 99.5 Å². The molecule has 0 fully saturated rings. The molecule has 2 nitrogen and oxygen atoms in total. The van der Waals surface area contributed by atoms with E-state index >= 15 is 0 Å². The lowest BCUT2D eigenvalue weighted by molar-refractivity contribution is 0.266. The van der Waals surface area contributed by atoms with Gasteiger partial charge in [0.05, 0.1) is 0 Å². The van der Waals surface area contributed by atoms with Crippen molar-refractivity contribution in [2.45, 2.75) is 39.8 Å². The summed E-state index contributed by atoms with van der Waals surface area (Å²) in [7, 11) is 0. The molecule has 0 spiro atoms. The summed E-state index contributed by atoms with van der Waals surface area (Å²) in [6.45, 7) is 8.52. The van der Waals surface area contributed by atoms with Gasteiger partial charge in [-0.1, -0.05) is 38.1 Å². The molecule has 0 aromatic heterocycles. The van der Waals surface area contributed by atoms with Crippen molar-refractivity contribution in [3.8, 4) is 0 Å². The van der Waals surface area contributed by atoms with Crippen molar-refractivity contribution < 1.29 is 0 Å². The summed E-state index contributed by atoms with van der Waals surface area (Å²) < 4.78 is 0. The average molecular weight is 220 g/mol. The first-order valence-corrected chi connectivity index (χ1v) is 6.30. The number of nitrogens with zero attached hydrogens (tertiary/aromatic N) is 1. The molecule has 0 aliphatic rings. The lowest BCUT2D eigenvalue weighted by atomic mass is 10.1. The lowest BCUT2D eigenvalue weighted by Crippen LogP contribution is -2.24. The predicted octanol–water partition coefficient (Wildman–Crippen LogP) is 2.77. The minimum Gasteiger partial charge on any atom is -0.326 e. The Morgan fingerprint density at radius 3 is 2.25 bits per heavy atom. The van der Waals surface area contributed by atoms with Crippen LogP contribution in [0.3, 0.4) is 0 Å². The minimum absolute atomic E-state index is 0.634. The molecule has 2 heteroatoms. The summed E-state index contributed by atoms with van der Waals surface area (Å²) in [6.07, 6.45) is 2.44. The highest BCUT2D eigenvalue weighted by molar-refractivity contribution is 5.23. The molecule has 0 saturated carbocycles. The van der Waals surface area contributed by atoms with Crippen LogP contribution in [0.25, 0.3) is 0 Å². The molecule has 0 saturated heterocycles. The van der Waals surface area contributed by atoms with E-state index in [1.165, 1.54) is 37.1 Å². The van der Waals surface area contributed by atoms with Gasteiger partial charge in [-0.15, -0.1) is 0 Å². The lowest BCUT2D eigenvalue weighted by Gasteiger charge is -2.21. The molecule has 16 heavy (non-hydrogen) atoms. The molecular formula is C14H24N2. The highest BCUT2D eigenvalue weighted by Crippen LogP contribution is 2.09. The molecule has 0 heterocycles. The van der Waals surface area contributed by atoms with Crippen molar-refractivity contribution >= 4 is 0 Å². The van der Waals surface area contributed by atoms with Gasteiger partial charge >= 0.3 is 0 Å². The van der Waals surface area contributed by atoms with Crippen molar-refractivity contribution in [1.29, 1.82) is 0 Å². The second-order valence-electron chi connectivity index (χ2n) is 4.30.